The van der Waals surface area contributed by atoms with Gasteiger partial charge in [0, 0.05) is 17.7 Å². The summed E-state index contributed by atoms with van der Waals surface area (Å²) in [5.74, 6) is -0.377. The lowest BCUT2D eigenvalue weighted by Crippen LogP contribution is -2.36. The Balaban J connectivity index is 1.87. The smallest absolute Gasteiger partial charge is 0.267 e. The van der Waals surface area contributed by atoms with E-state index in [1.54, 1.807) is 11.3 Å². The van der Waals surface area contributed by atoms with Gasteiger partial charge in [-0.3, -0.25) is 9.59 Å². The number of carbonyl (C=O) groups is 2. The third-order valence-electron chi connectivity index (χ3n) is 2.22. The number of hydrazone groups is 1. The van der Waals surface area contributed by atoms with Gasteiger partial charge < -0.3 is 5.32 Å². The van der Waals surface area contributed by atoms with Crippen molar-refractivity contribution in [3.63, 3.8) is 0 Å². The summed E-state index contributed by atoms with van der Waals surface area (Å²) in [7, 11) is 0. The maximum absolute atomic E-state index is 11.7. The van der Waals surface area contributed by atoms with Gasteiger partial charge in [-0.25, -0.2) is 5.43 Å². The van der Waals surface area contributed by atoms with Crippen molar-refractivity contribution in [2.24, 2.45) is 5.10 Å². The van der Waals surface area contributed by atoms with E-state index in [9.17, 15) is 9.59 Å². The largest absolute Gasteiger partial charge is 0.346 e. The Morgan fingerprint density at radius 1 is 1.53 bits per heavy atom. The first-order valence-corrected chi connectivity index (χ1v) is 6.64. The molecular formula is C10H10BrN3O2S. The monoisotopic (exact) mass is 315 g/mol. The number of hydrogen-bond acceptors (Lipinski definition) is 4. The van der Waals surface area contributed by atoms with Crippen LogP contribution in [0.1, 0.15) is 17.7 Å². The van der Waals surface area contributed by atoms with Gasteiger partial charge in [0.05, 0.1) is 10.3 Å². The predicted octanol–water partition coefficient (Wildman–Crippen LogP) is 1.39. The molecule has 0 fully saturated rings. The molecule has 0 unspecified atom stereocenters. The minimum Gasteiger partial charge on any atom is -0.346 e. The average Bonchev–Trinajstić information content (AvgIpc) is 2.73. The molecule has 0 atom stereocenters. The van der Waals surface area contributed by atoms with Crippen molar-refractivity contribution in [3.8, 4) is 0 Å². The van der Waals surface area contributed by atoms with Crippen LogP contribution in [0.3, 0.4) is 0 Å². The molecule has 2 amide bonds. The van der Waals surface area contributed by atoms with Crippen molar-refractivity contribution >= 4 is 44.8 Å². The third kappa shape index (κ3) is 3.37. The SMILES string of the molecule is O=C1CCC(C(=O)NCc2ccc(Br)s2)=NN1. The van der Waals surface area contributed by atoms with E-state index in [1.165, 1.54) is 0 Å². The second-order valence-corrected chi connectivity index (χ2v) is 6.03. The van der Waals surface area contributed by atoms with Crippen LogP contribution in [0.25, 0.3) is 0 Å². The Bertz CT molecular complexity index is 484. The van der Waals surface area contributed by atoms with Gasteiger partial charge in [0.15, 0.2) is 0 Å². The number of nitrogens with one attached hydrogen (secondary N) is 2. The molecule has 2 rings (SSSR count). The van der Waals surface area contributed by atoms with Crippen LogP contribution in [-0.4, -0.2) is 17.5 Å². The summed E-state index contributed by atoms with van der Waals surface area (Å²) >= 11 is 4.93. The van der Waals surface area contributed by atoms with Gasteiger partial charge in [0.1, 0.15) is 5.71 Å². The van der Waals surface area contributed by atoms with E-state index in [1.807, 2.05) is 12.1 Å². The Labute approximate surface area is 110 Å². The standard InChI is InChI=1S/C10H10BrN3O2S/c11-8-3-1-6(17-8)5-12-10(16)7-2-4-9(15)14-13-7/h1,3H,2,4-5H2,(H,12,16)(H,14,15). The van der Waals surface area contributed by atoms with Crippen molar-refractivity contribution in [2.45, 2.75) is 19.4 Å². The van der Waals surface area contributed by atoms with Crippen molar-refractivity contribution in [2.75, 3.05) is 0 Å². The van der Waals surface area contributed by atoms with E-state index >= 15 is 0 Å². The number of amides is 2. The molecule has 1 aliphatic rings. The maximum atomic E-state index is 11.7. The number of nitrogens with zero attached hydrogens (tertiary/aromatic N) is 1. The summed E-state index contributed by atoms with van der Waals surface area (Å²) in [6.45, 7) is 0.474. The fraction of sp³-hybridized carbons (Fsp3) is 0.300. The molecule has 0 radical (unpaired) electrons. The van der Waals surface area contributed by atoms with Gasteiger partial charge in [-0.1, -0.05) is 0 Å². The fourth-order valence-corrected chi connectivity index (χ4v) is 2.78. The highest BCUT2D eigenvalue weighted by Gasteiger charge is 2.17. The van der Waals surface area contributed by atoms with Gasteiger partial charge in [0.2, 0.25) is 5.91 Å². The van der Waals surface area contributed by atoms with E-state index in [0.29, 0.717) is 25.1 Å². The average molecular weight is 316 g/mol. The van der Waals surface area contributed by atoms with Gasteiger partial charge in [-0.15, -0.1) is 11.3 Å². The van der Waals surface area contributed by atoms with Gasteiger partial charge >= 0.3 is 0 Å². The van der Waals surface area contributed by atoms with Crippen molar-refractivity contribution in [1.29, 1.82) is 0 Å². The molecule has 0 aliphatic carbocycles. The summed E-state index contributed by atoms with van der Waals surface area (Å²) in [6, 6.07) is 3.88. The zero-order chi connectivity index (χ0) is 12.3. The molecule has 1 aromatic rings. The second kappa shape index (κ2) is 5.42. The van der Waals surface area contributed by atoms with Crippen LogP contribution < -0.4 is 10.7 Å². The van der Waals surface area contributed by atoms with Crippen molar-refractivity contribution < 1.29 is 9.59 Å². The van der Waals surface area contributed by atoms with E-state index in [4.69, 9.17) is 0 Å². The lowest BCUT2D eigenvalue weighted by molar-refractivity contribution is -0.121. The highest BCUT2D eigenvalue weighted by atomic mass is 79.9. The Morgan fingerprint density at radius 3 is 2.94 bits per heavy atom. The summed E-state index contributed by atoms with van der Waals surface area (Å²) in [6.07, 6.45) is 0.711. The van der Waals surface area contributed by atoms with Crippen molar-refractivity contribution in [1.82, 2.24) is 10.7 Å². The molecule has 17 heavy (non-hydrogen) atoms. The zero-order valence-electron chi connectivity index (χ0n) is 8.83. The van der Waals surface area contributed by atoms with Crippen molar-refractivity contribution in [3.05, 3.63) is 20.8 Å². The molecule has 5 nitrogen and oxygen atoms in total. The summed E-state index contributed by atoms with van der Waals surface area (Å²) in [4.78, 5) is 23.6. The number of halogens is 1. The molecule has 0 aromatic carbocycles. The number of rotatable bonds is 3. The molecule has 1 aliphatic heterocycles. The van der Waals surface area contributed by atoms with Gasteiger partial charge in [-0.2, -0.15) is 5.10 Å². The summed E-state index contributed by atoms with van der Waals surface area (Å²) in [5, 5.41) is 6.49. The predicted molar refractivity (Wildman–Crippen MR) is 68.7 cm³/mol. The van der Waals surface area contributed by atoms with E-state index in [-0.39, 0.29) is 11.8 Å². The van der Waals surface area contributed by atoms with Crippen LogP contribution in [0.2, 0.25) is 0 Å². The lowest BCUT2D eigenvalue weighted by Gasteiger charge is -2.11. The van der Waals surface area contributed by atoms with Crippen LogP contribution in [0.4, 0.5) is 0 Å². The molecule has 0 saturated carbocycles. The van der Waals surface area contributed by atoms with E-state index in [2.05, 4.69) is 31.8 Å². The van der Waals surface area contributed by atoms with Crippen LogP contribution >= 0.6 is 27.3 Å². The van der Waals surface area contributed by atoms with Gasteiger partial charge in [0.25, 0.3) is 5.91 Å². The van der Waals surface area contributed by atoms with Crippen LogP contribution in [0.5, 0.6) is 0 Å². The number of thiophene rings is 1. The Morgan fingerprint density at radius 2 is 2.35 bits per heavy atom. The first kappa shape index (κ1) is 12.3. The first-order chi connectivity index (χ1) is 8.15. The number of hydrogen-bond donors (Lipinski definition) is 2. The highest BCUT2D eigenvalue weighted by Crippen LogP contribution is 2.21. The van der Waals surface area contributed by atoms with Gasteiger partial charge in [-0.05, 0) is 28.1 Å². The molecule has 0 bridgehead atoms. The molecule has 1 aromatic heterocycles. The molecule has 2 heterocycles. The van der Waals surface area contributed by atoms with Crippen LogP contribution in [0, 0.1) is 0 Å². The van der Waals surface area contributed by atoms with Crippen LogP contribution in [0.15, 0.2) is 21.0 Å². The highest BCUT2D eigenvalue weighted by molar-refractivity contribution is 9.11. The fourth-order valence-electron chi connectivity index (χ4n) is 1.35. The normalized spacial score (nSPS) is 15.1. The first-order valence-electron chi connectivity index (χ1n) is 5.03. The van der Waals surface area contributed by atoms with Crippen LogP contribution in [-0.2, 0) is 16.1 Å². The lowest BCUT2D eigenvalue weighted by atomic mass is 10.1. The maximum Gasteiger partial charge on any atom is 0.267 e. The molecule has 2 N–H and O–H groups in total. The molecule has 0 spiro atoms. The molecule has 0 saturated heterocycles. The topological polar surface area (TPSA) is 70.6 Å². The summed E-state index contributed by atoms with van der Waals surface area (Å²) < 4.78 is 1.03. The van der Waals surface area contributed by atoms with E-state index in [0.717, 1.165) is 8.66 Å². The Hall–Kier alpha value is -1.21. The quantitative estimate of drug-likeness (QED) is 0.885. The molecular weight excluding hydrogens is 306 g/mol. The Kier molecular flexibility index (Phi) is 3.90. The molecule has 7 heteroatoms. The minimum absolute atomic E-state index is 0.149. The minimum atomic E-state index is -0.227. The third-order valence-corrected chi connectivity index (χ3v) is 3.84. The zero-order valence-corrected chi connectivity index (χ0v) is 11.2. The summed E-state index contributed by atoms with van der Waals surface area (Å²) in [5.41, 5.74) is 2.67. The second-order valence-electron chi connectivity index (χ2n) is 3.48. The number of carbonyl (C=O) groups excluding carboxylic acids is 2. The van der Waals surface area contributed by atoms with E-state index < -0.39 is 0 Å². The molecule has 90 valence electrons.